The molecule has 1 atom stereocenters. The lowest BCUT2D eigenvalue weighted by molar-refractivity contribution is -0.292. The van der Waals surface area contributed by atoms with Crippen LogP contribution < -0.4 is 4.74 Å². The van der Waals surface area contributed by atoms with Crippen LogP contribution in [0.15, 0.2) is 12.1 Å². The van der Waals surface area contributed by atoms with Crippen LogP contribution in [0.25, 0.3) is 0 Å². The van der Waals surface area contributed by atoms with Gasteiger partial charge in [0.15, 0.2) is 0 Å². The molecule has 1 aromatic carbocycles. The summed E-state index contributed by atoms with van der Waals surface area (Å²) < 4.78 is 33.8. The van der Waals surface area contributed by atoms with Crippen LogP contribution in [0.3, 0.4) is 0 Å². The third-order valence-corrected chi connectivity index (χ3v) is 4.14. The van der Waals surface area contributed by atoms with E-state index in [-0.39, 0.29) is 5.75 Å². The fourth-order valence-electron chi connectivity index (χ4n) is 2.14. The number of carboxylic acids is 1. The van der Waals surface area contributed by atoms with Crippen molar-refractivity contribution < 1.29 is 28.2 Å². The Hall–Kier alpha value is -0.820. The lowest BCUT2D eigenvalue weighted by atomic mass is 9.99. The number of halogens is 5. The molecule has 1 N–H and O–H groups in total. The van der Waals surface area contributed by atoms with E-state index in [2.05, 4.69) is 4.74 Å². The zero-order valence-electron chi connectivity index (χ0n) is 13.9. The minimum atomic E-state index is -4.36. The summed E-state index contributed by atoms with van der Waals surface area (Å²) in [6.45, 7) is 5.65. The number of ether oxygens (including phenoxy) is 2. The second-order valence-electron chi connectivity index (χ2n) is 5.22. The van der Waals surface area contributed by atoms with Crippen molar-refractivity contribution in [1.29, 1.82) is 0 Å². The molecular weight excluding hydrogens is 401 g/mol. The monoisotopic (exact) mass is 418 g/mol. The number of aliphatic carboxylic acids is 1. The van der Waals surface area contributed by atoms with Gasteiger partial charge in [0.2, 0.25) is 0 Å². The molecule has 9 heteroatoms. The van der Waals surface area contributed by atoms with Gasteiger partial charge < -0.3 is 9.84 Å². The van der Waals surface area contributed by atoms with E-state index in [0.29, 0.717) is 24.0 Å². The van der Waals surface area contributed by atoms with Crippen LogP contribution >= 0.6 is 34.8 Å². The van der Waals surface area contributed by atoms with E-state index in [1.807, 2.05) is 32.9 Å². The fraction of sp³-hybridized carbons (Fsp3) is 0.562. The Bertz CT molecular complexity index is 593. The molecule has 0 fully saturated rings. The molecule has 1 unspecified atom stereocenters. The Balaban J connectivity index is 3.25. The van der Waals surface area contributed by atoms with E-state index in [1.54, 1.807) is 0 Å². The van der Waals surface area contributed by atoms with Gasteiger partial charge in [0.25, 0.3) is 3.79 Å². The smallest absolute Gasteiger partial charge is 0.406 e. The molecule has 0 saturated heterocycles. The molecule has 142 valence electrons. The Kier molecular flexibility index (Phi) is 7.74. The first-order valence-electron chi connectivity index (χ1n) is 7.63. The van der Waals surface area contributed by atoms with Crippen molar-refractivity contribution >= 4 is 40.8 Å². The molecule has 1 aromatic rings. The molecule has 1 rings (SSSR count). The first kappa shape index (κ1) is 22.2. The average Bonchev–Trinajstić information content (AvgIpc) is 2.52. The maximum Gasteiger partial charge on any atom is 0.406 e. The average molecular weight is 420 g/mol. The molecule has 0 spiro atoms. The molecule has 0 aromatic heterocycles. The maximum absolute atomic E-state index is 13.8. The number of carboxylic acid groups (broad SMARTS) is 1. The predicted octanol–water partition coefficient (Wildman–Crippen LogP) is 5.14. The van der Waals surface area contributed by atoms with Gasteiger partial charge in [-0.25, -0.2) is 4.79 Å². The maximum atomic E-state index is 13.8. The van der Waals surface area contributed by atoms with Crippen molar-refractivity contribution in [1.82, 2.24) is 0 Å². The molecular formula is C16H19Cl3F2O4. The van der Waals surface area contributed by atoms with Crippen LogP contribution in [-0.2, 0) is 28.8 Å². The molecule has 0 amide bonds. The highest BCUT2D eigenvalue weighted by atomic mass is 35.6. The molecule has 0 aliphatic rings. The van der Waals surface area contributed by atoms with Crippen molar-refractivity contribution in [3.8, 4) is 5.75 Å². The minimum Gasteiger partial charge on any atom is -0.477 e. The van der Waals surface area contributed by atoms with E-state index in [0.717, 1.165) is 12.0 Å². The van der Waals surface area contributed by atoms with Crippen molar-refractivity contribution in [2.24, 2.45) is 0 Å². The van der Waals surface area contributed by atoms with E-state index in [4.69, 9.17) is 39.5 Å². The third-order valence-electron chi connectivity index (χ3n) is 3.48. The standard InChI is InChI=1S/C16H19Cl3F2O4/c1-4-9-7-10(5-2)12(11(6-3)8-9)24-14(13(22)23)25-16(20,21)15(17,18)19/h7-8,14H,4-6H2,1-3H3,(H,22,23). The second kappa shape index (κ2) is 8.71. The molecule has 0 radical (unpaired) electrons. The largest absolute Gasteiger partial charge is 0.477 e. The van der Waals surface area contributed by atoms with E-state index in [9.17, 15) is 18.7 Å². The van der Waals surface area contributed by atoms with Crippen LogP contribution in [-0.4, -0.2) is 27.3 Å². The van der Waals surface area contributed by atoms with Crippen LogP contribution in [0.4, 0.5) is 8.78 Å². The van der Waals surface area contributed by atoms with Crippen molar-refractivity contribution in [2.75, 3.05) is 0 Å². The summed E-state index contributed by atoms with van der Waals surface area (Å²) in [7, 11) is 0. The van der Waals surface area contributed by atoms with Gasteiger partial charge in [-0.05, 0) is 36.0 Å². The second-order valence-corrected chi connectivity index (χ2v) is 7.51. The van der Waals surface area contributed by atoms with Crippen molar-refractivity contribution in [2.45, 2.75) is 56.2 Å². The number of carbonyl (C=O) groups is 1. The number of rotatable bonds is 8. The van der Waals surface area contributed by atoms with Gasteiger partial charge in [-0.1, -0.05) is 67.7 Å². The predicted molar refractivity (Wildman–Crippen MR) is 92.9 cm³/mol. The van der Waals surface area contributed by atoms with Gasteiger partial charge in [-0.3, -0.25) is 4.74 Å². The van der Waals surface area contributed by atoms with Crippen LogP contribution in [0.2, 0.25) is 0 Å². The number of hydrogen-bond donors (Lipinski definition) is 1. The highest BCUT2D eigenvalue weighted by Crippen LogP contribution is 2.44. The zero-order valence-corrected chi connectivity index (χ0v) is 16.2. The highest BCUT2D eigenvalue weighted by Gasteiger charge is 2.55. The normalized spacial score (nSPS) is 13.6. The third kappa shape index (κ3) is 5.58. The number of hydrogen-bond acceptors (Lipinski definition) is 3. The summed E-state index contributed by atoms with van der Waals surface area (Å²) in [4.78, 5) is 11.3. The van der Waals surface area contributed by atoms with Crippen LogP contribution in [0.5, 0.6) is 5.75 Å². The molecule has 0 bridgehead atoms. The van der Waals surface area contributed by atoms with Crippen LogP contribution in [0, 0.1) is 0 Å². The Labute approximate surface area is 160 Å². The quantitative estimate of drug-likeness (QED) is 0.468. The Morgan fingerprint density at radius 3 is 1.92 bits per heavy atom. The van der Waals surface area contributed by atoms with Gasteiger partial charge >= 0.3 is 18.4 Å². The van der Waals surface area contributed by atoms with Crippen molar-refractivity contribution in [3.05, 3.63) is 28.8 Å². The minimum absolute atomic E-state index is 0.190. The highest BCUT2D eigenvalue weighted by molar-refractivity contribution is 6.68. The zero-order chi connectivity index (χ0) is 19.4. The van der Waals surface area contributed by atoms with E-state index >= 15 is 0 Å². The Morgan fingerprint density at radius 2 is 1.60 bits per heavy atom. The van der Waals surface area contributed by atoms with Gasteiger partial charge in [0.1, 0.15) is 5.75 Å². The molecule has 4 nitrogen and oxygen atoms in total. The molecule has 0 aliphatic heterocycles. The SMILES string of the molecule is CCc1cc(CC)c(OC(OC(F)(F)C(Cl)(Cl)Cl)C(=O)O)c(CC)c1. The summed E-state index contributed by atoms with van der Waals surface area (Å²) in [5.41, 5.74) is 2.40. The lowest BCUT2D eigenvalue weighted by Gasteiger charge is -2.28. The summed E-state index contributed by atoms with van der Waals surface area (Å²) in [6.07, 6.45) is -4.89. The molecule has 0 aliphatic carbocycles. The van der Waals surface area contributed by atoms with Gasteiger partial charge in [-0.2, -0.15) is 8.78 Å². The molecule has 0 saturated carbocycles. The molecule has 25 heavy (non-hydrogen) atoms. The number of benzene rings is 1. The topological polar surface area (TPSA) is 55.8 Å². The van der Waals surface area contributed by atoms with Gasteiger partial charge in [0, 0.05) is 0 Å². The number of aryl methyl sites for hydroxylation is 3. The number of alkyl halides is 5. The summed E-state index contributed by atoms with van der Waals surface area (Å²) in [5, 5.41) is 9.18. The van der Waals surface area contributed by atoms with E-state index < -0.39 is 22.2 Å². The van der Waals surface area contributed by atoms with E-state index in [1.165, 1.54) is 0 Å². The summed E-state index contributed by atoms with van der Waals surface area (Å²) >= 11 is 15.4. The first-order chi connectivity index (χ1) is 11.5. The summed E-state index contributed by atoms with van der Waals surface area (Å²) in [5.74, 6) is -1.58. The first-order valence-corrected chi connectivity index (χ1v) is 8.76. The fourth-order valence-corrected chi connectivity index (χ4v) is 2.27. The van der Waals surface area contributed by atoms with Gasteiger partial charge in [0.05, 0.1) is 0 Å². The summed E-state index contributed by atoms with van der Waals surface area (Å²) in [6, 6.07) is 3.67. The van der Waals surface area contributed by atoms with Gasteiger partial charge in [-0.15, -0.1) is 0 Å². The Morgan fingerprint density at radius 1 is 1.12 bits per heavy atom. The van der Waals surface area contributed by atoms with Crippen LogP contribution in [0.1, 0.15) is 37.5 Å². The van der Waals surface area contributed by atoms with Crippen molar-refractivity contribution in [3.63, 3.8) is 0 Å². The molecule has 0 heterocycles. The lowest BCUT2D eigenvalue weighted by Crippen LogP contribution is -2.44.